The Morgan fingerprint density at radius 2 is 1.62 bits per heavy atom. The average Bonchev–Trinajstić information content (AvgIpc) is 2.68. The fraction of sp³-hybridized carbons (Fsp3) is 0. The first kappa shape index (κ1) is 7.99. The minimum Gasteiger partial charge on any atom is -0.264 e. The summed E-state index contributed by atoms with van der Waals surface area (Å²) in [5.41, 5.74) is 6.08. The number of hydrogen-bond donors (Lipinski definition) is 0. The van der Waals surface area contributed by atoms with E-state index in [1.54, 1.807) is 0 Å². The minimum absolute atomic E-state index is 1.06. The van der Waals surface area contributed by atoms with Crippen LogP contribution in [0.15, 0.2) is 48.9 Å². The third-order valence-electron chi connectivity index (χ3n) is 3.17. The molecule has 3 aromatic rings. The largest absolute Gasteiger partial charge is 0.264 e. The minimum atomic E-state index is 1.06. The number of pyridine rings is 2. The molecule has 0 saturated heterocycles. The molecular formula is C14H8N2. The first-order chi connectivity index (χ1) is 7.95. The van der Waals surface area contributed by atoms with Crippen molar-refractivity contribution in [1.29, 1.82) is 0 Å². The molecule has 0 saturated carbocycles. The molecule has 0 spiro atoms. The lowest BCUT2D eigenvalue weighted by molar-refractivity contribution is 1.34. The molecule has 0 N–H and O–H groups in total. The molecule has 16 heavy (non-hydrogen) atoms. The Labute approximate surface area is 92.6 Å². The molecule has 0 fully saturated rings. The van der Waals surface area contributed by atoms with Crippen LogP contribution in [0.25, 0.3) is 33.2 Å². The molecule has 4 rings (SSSR count). The van der Waals surface area contributed by atoms with Gasteiger partial charge < -0.3 is 0 Å². The van der Waals surface area contributed by atoms with Crippen molar-refractivity contribution in [1.82, 2.24) is 9.97 Å². The van der Waals surface area contributed by atoms with Gasteiger partial charge in [-0.3, -0.25) is 9.97 Å². The highest BCUT2D eigenvalue weighted by Crippen LogP contribution is 2.45. The van der Waals surface area contributed by atoms with Crippen molar-refractivity contribution in [2.24, 2.45) is 0 Å². The molecule has 2 nitrogen and oxygen atoms in total. The van der Waals surface area contributed by atoms with E-state index in [0.717, 1.165) is 5.52 Å². The molecule has 1 aromatic carbocycles. The van der Waals surface area contributed by atoms with Gasteiger partial charge in [0.2, 0.25) is 0 Å². The lowest BCUT2D eigenvalue weighted by Gasteiger charge is -1.99. The van der Waals surface area contributed by atoms with E-state index in [1.807, 2.05) is 18.6 Å². The quantitative estimate of drug-likeness (QED) is 0.439. The summed E-state index contributed by atoms with van der Waals surface area (Å²) in [4.78, 5) is 8.61. The maximum atomic E-state index is 4.41. The van der Waals surface area contributed by atoms with Crippen LogP contribution in [0.3, 0.4) is 0 Å². The Hall–Kier alpha value is -2.22. The second kappa shape index (κ2) is 2.67. The van der Waals surface area contributed by atoms with Crippen molar-refractivity contribution in [2.75, 3.05) is 0 Å². The number of fused-ring (bicyclic) bond motifs is 3. The van der Waals surface area contributed by atoms with Gasteiger partial charge in [0.25, 0.3) is 0 Å². The van der Waals surface area contributed by atoms with Crippen molar-refractivity contribution >= 4 is 10.9 Å². The lowest BCUT2D eigenvalue weighted by Crippen LogP contribution is -1.78. The van der Waals surface area contributed by atoms with Crippen molar-refractivity contribution in [3.63, 3.8) is 0 Å². The standard InChI is InChI=1S/C14H8N2/c1-2-10-9-4-6-15-8-12(9)11-5-7-16-13(3-1)14(10)11/h1-8H. The fourth-order valence-electron chi connectivity index (χ4n) is 2.50. The molecule has 1 aliphatic carbocycles. The van der Waals surface area contributed by atoms with Gasteiger partial charge in [-0.25, -0.2) is 0 Å². The SMILES string of the molecule is c1cc2c3c(ccnc3c1)-c1cnccc1-2. The van der Waals surface area contributed by atoms with Gasteiger partial charge in [-0.05, 0) is 34.9 Å². The highest BCUT2D eigenvalue weighted by Gasteiger charge is 2.20. The second-order valence-electron chi connectivity index (χ2n) is 3.98. The van der Waals surface area contributed by atoms with Crippen LogP contribution in [-0.4, -0.2) is 9.97 Å². The Bertz CT molecular complexity index is 659. The summed E-state index contributed by atoms with van der Waals surface area (Å²) in [6.07, 6.45) is 5.64. The van der Waals surface area contributed by atoms with E-state index < -0.39 is 0 Å². The Morgan fingerprint density at radius 3 is 2.62 bits per heavy atom. The van der Waals surface area contributed by atoms with Crippen LogP contribution in [0.1, 0.15) is 0 Å². The summed E-state index contributed by atoms with van der Waals surface area (Å²) in [5, 5.41) is 1.26. The predicted molar refractivity (Wildman–Crippen MR) is 64.0 cm³/mol. The Kier molecular flexibility index (Phi) is 1.33. The molecule has 0 radical (unpaired) electrons. The van der Waals surface area contributed by atoms with Crippen LogP contribution in [0.2, 0.25) is 0 Å². The summed E-state index contributed by atoms with van der Waals surface area (Å²) in [6.45, 7) is 0. The molecular weight excluding hydrogens is 196 g/mol. The molecule has 0 bridgehead atoms. The second-order valence-corrected chi connectivity index (χ2v) is 3.98. The predicted octanol–water partition coefficient (Wildman–Crippen LogP) is 3.28. The monoisotopic (exact) mass is 204 g/mol. The lowest BCUT2D eigenvalue weighted by atomic mass is 10.1. The summed E-state index contributed by atoms with van der Waals surface area (Å²) in [7, 11) is 0. The van der Waals surface area contributed by atoms with Crippen LogP contribution >= 0.6 is 0 Å². The van der Waals surface area contributed by atoms with Crippen molar-refractivity contribution in [2.45, 2.75) is 0 Å². The molecule has 2 heterocycles. The summed E-state index contributed by atoms with van der Waals surface area (Å²) < 4.78 is 0. The van der Waals surface area contributed by atoms with E-state index in [9.17, 15) is 0 Å². The number of nitrogens with zero attached hydrogens (tertiary/aromatic N) is 2. The molecule has 1 aliphatic rings. The number of rotatable bonds is 0. The average molecular weight is 204 g/mol. The van der Waals surface area contributed by atoms with E-state index in [4.69, 9.17) is 0 Å². The molecule has 0 amide bonds. The molecule has 0 atom stereocenters. The van der Waals surface area contributed by atoms with Crippen molar-refractivity contribution in [3.8, 4) is 22.3 Å². The molecule has 2 heteroatoms. The summed E-state index contributed by atoms with van der Waals surface area (Å²) in [5.74, 6) is 0. The smallest absolute Gasteiger partial charge is 0.0714 e. The molecule has 74 valence electrons. The maximum absolute atomic E-state index is 4.41. The van der Waals surface area contributed by atoms with E-state index in [2.05, 4.69) is 40.3 Å². The normalized spacial score (nSPS) is 11.8. The summed E-state index contributed by atoms with van der Waals surface area (Å²) >= 11 is 0. The topological polar surface area (TPSA) is 25.8 Å². The third-order valence-corrected chi connectivity index (χ3v) is 3.17. The highest BCUT2D eigenvalue weighted by molar-refractivity contribution is 6.13. The number of benzene rings is 1. The zero-order valence-corrected chi connectivity index (χ0v) is 8.51. The number of hydrogen-bond acceptors (Lipinski definition) is 2. The van der Waals surface area contributed by atoms with Gasteiger partial charge in [-0.2, -0.15) is 0 Å². The van der Waals surface area contributed by atoms with E-state index in [1.165, 1.54) is 27.6 Å². The van der Waals surface area contributed by atoms with Crippen LogP contribution in [0.5, 0.6) is 0 Å². The van der Waals surface area contributed by atoms with Gasteiger partial charge in [0.15, 0.2) is 0 Å². The summed E-state index contributed by atoms with van der Waals surface area (Å²) in [6, 6.07) is 10.4. The van der Waals surface area contributed by atoms with E-state index in [0.29, 0.717) is 0 Å². The van der Waals surface area contributed by atoms with E-state index in [-0.39, 0.29) is 0 Å². The van der Waals surface area contributed by atoms with Gasteiger partial charge in [-0.1, -0.05) is 12.1 Å². The van der Waals surface area contributed by atoms with Gasteiger partial charge in [0.1, 0.15) is 0 Å². The van der Waals surface area contributed by atoms with Crippen molar-refractivity contribution < 1.29 is 0 Å². The molecule has 0 aliphatic heterocycles. The Balaban J connectivity index is 2.31. The molecule has 0 unspecified atom stereocenters. The van der Waals surface area contributed by atoms with Crippen LogP contribution in [0, 0.1) is 0 Å². The zero-order chi connectivity index (χ0) is 10.5. The number of aromatic nitrogens is 2. The van der Waals surface area contributed by atoms with Gasteiger partial charge in [-0.15, -0.1) is 0 Å². The third kappa shape index (κ3) is 0.823. The first-order valence-electron chi connectivity index (χ1n) is 5.27. The zero-order valence-electron chi connectivity index (χ0n) is 8.51. The van der Waals surface area contributed by atoms with Gasteiger partial charge in [0.05, 0.1) is 5.52 Å². The van der Waals surface area contributed by atoms with Crippen molar-refractivity contribution in [3.05, 3.63) is 48.9 Å². The molecule has 2 aromatic heterocycles. The van der Waals surface area contributed by atoms with Crippen LogP contribution in [0.4, 0.5) is 0 Å². The van der Waals surface area contributed by atoms with Gasteiger partial charge >= 0.3 is 0 Å². The fourth-order valence-corrected chi connectivity index (χ4v) is 2.50. The highest BCUT2D eigenvalue weighted by atomic mass is 14.7. The van der Waals surface area contributed by atoms with Gasteiger partial charge in [0, 0.05) is 29.5 Å². The van der Waals surface area contributed by atoms with E-state index >= 15 is 0 Å². The first-order valence-corrected chi connectivity index (χ1v) is 5.27. The maximum Gasteiger partial charge on any atom is 0.0714 e. The van der Waals surface area contributed by atoms with Crippen LogP contribution in [-0.2, 0) is 0 Å². The Morgan fingerprint density at radius 1 is 0.750 bits per heavy atom. The van der Waals surface area contributed by atoms with Crippen LogP contribution < -0.4 is 0 Å².